The van der Waals surface area contributed by atoms with E-state index in [2.05, 4.69) is 10.2 Å². The molecule has 216 valence electrons. The first kappa shape index (κ1) is 27.2. The summed E-state index contributed by atoms with van der Waals surface area (Å²) in [4.78, 5) is 33.4. The van der Waals surface area contributed by atoms with Crippen molar-refractivity contribution in [1.82, 2.24) is 4.90 Å². The van der Waals surface area contributed by atoms with Crippen LogP contribution in [0.15, 0.2) is 53.5 Å². The third-order valence-corrected chi connectivity index (χ3v) is 9.67. The number of carbonyl (C=O) groups is 2. The summed E-state index contributed by atoms with van der Waals surface area (Å²) in [5.74, 6) is -2.25. The van der Waals surface area contributed by atoms with Crippen LogP contribution in [0.5, 0.6) is 5.75 Å². The Hall–Kier alpha value is -3.66. The fourth-order valence-electron chi connectivity index (χ4n) is 7.25. The molecule has 7 rings (SSSR count). The Labute approximate surface area is 251 Å². The number of nitrogen functional groups attached to an aromatic ring is 1. The van der Waals surface area contributed by atoms with Gasteiger partial charge in [-0.15, -0.1) is 0 Å². The molecule has 3 heterocycles. The second-order valence-corrected chi connectivity index (χ2v) is 12.2. The van der Waals surface area contributed by atoms with Crippen LogP contribution in [-0.2, 0) is 10.3 Å². The fourth-order valence-corrected chi connectivity index (χ4v) is 7.60. The van der Waals surface area contributed by atoms with Crippen molar-refractivity contribution in [3.8, 4) is 5.75 Å². The summed E-state index contributed by atoms with van der Waals surface area (Å²) in [5.41, 5.74) is 8.18. The number of halogens is 3. The number of nitrogens with two attached hydrogens (primary N) is 1. The number of aliphatic imine (C=N–C) groups is 1. The van der Waals surface area contributed by atoms with Crippen LogP contribution in [0.4, 0.5) is 15.8 Å². The Balaban J connectivity index is 1.45. The summed E-state index contributed by atoms with van der Waals surface area (Å²) in [6.45, 7) is 0.634. The maximum Gasteiger partial charge on any atom is 0.339 e. The Morgan fingerprint density at radius 2 is 2.02 bits per heavy atom. The standard InChI is InChI=1S/C31H27Cl2FN4O4/c1-42-28-18(29(39)40)9-8-16(26(28)35)21-12-23-27(36-21)24(17-3-2-4-20(33)25(17)34)31(38(23)13-14-5-6-14)19-10-7-15(32)11-22(19)37-30(31)41/h2-4,7-11,14,23-24,27H,5-6,12-13,35H2,1H3,(H,37,41)(H,39,40)/t23-,24-,27+,31+/m0/s1. The van der Waals surface area contributed by atoms with Gasteiger partial charge in [0.2, 0.25) is 5.91 Å². The third kappa shape index (κ3) is 3.80. The number of fused-ring (bicyclic) bond motifs is 3. The highest BCUT2D eigenvalue weighted by molar-refractivity contribution is 6.31. The number of methoxy groups -OCH3 is 1. The molecule has 0 radical (unpaired) electrons. The van der Waals surface area contributed by atoms with E-state index in [0.29, 0.717) is 46.4 Å². The van der Waals surface area contributed by atoms with Crippen molar-refractivity contribution in [3.63, 3.8) is 0 Å². The SMILES string of the molecule is COc1c(C(=O)O)ccc(C2=N[C@@H]3[C@H](C2)N(CC2CC2)[C@@]2(C(=O)Nc4cc(Cl)ccc42)[C@H]3c2cccc(Cl)c2F)c1N. The molecule has 4 N–H and O–H groups in total. The molecular formula is C31H27Cl2FN4O4. The smallest absolute Gasteiger partial charge is 0.339 e. The molecule has 1 spiro atoms. The second kappa shape index (κ2) is 9.69. The van der Waals surface area contributed by atoms with Crippen LogP contribution in [0.1, 0.15) is 52.2 Å². The summed E-state index contributed by atoms with van der Waals surface area (Å²) < 4.78 is 21.3. The quantitative estimate of drug-likeness (QED) is 0.309. The van der Waals surface area contributed by atoms with Gasteiger partial charge in [0.15, 0.2) is 5.75 Å². The van der Waals surface area contributed by atoms with Gasteiger partial charge in [-0.05, 0) is 54.7 Å². The number of nitrogens with one attached hydrogen (secondary N) is 1. The highest BCUT2D eigenvalue weighted by atomic mass is 35.5. The molecule has 4 atom stereocenters. The molecule has 42 heavy (non-hydrogen) atoms. The molecule has 1 amide bonds. The van der Waals surface area contributed by atoms with Crippen molar-refractivity contribution in [3.05, 3.63) is 86.6 Å². The first-order valence-electron chi connectivity index (χ1n) is 13.8. The Kier molecular flexibility index (Phi) is 6.27. The average molecular weight is 609 g/mol. The number of benzene rings is 3. The van der Waals surface area contributed by atoms with Crippen molar-refractivity contribution in [2.45, 2.75) is 42.8 Å². The molecule has 0 bridgehead atoms. The topological polar surface area (TPSA) is 117 Å². The number of amides is 1. The van der Waals surface area contributed by atoms with E-state index in [9.17, 15) is 14.7 Å². The fraction of sp³-hybridized carbons (Fsp3) is 0.323. The van der Waals surface area contributed by atoms with E-state index in [4.69, 9.17) is 38.7 Å². The molecule has 3 aliphatic heterocycles. The summed E-state index contributed by atoms with van der Waals surface area (Å²) in [7, 11) is 1.37. The number of likely N-dealkylation sites (tertiary alicyclic amines) is 1. The van der Waals surface area contributed by atoms with Crippen molar-refractivity contribution < 1.29 is 23.8 Å². The number of anilines is 2. The van der Waals surface area contributed by atoms with Crippen LogP contribution in [0.25, 0.3) is 0 Å². The van der Waals surface area contributed by atoms with Crippen LogP contribution >= 0.6 is 23.2 Å². The number of nitrogens with zero attached hydrogens (tertiary/aromatic N) is 2. The van der Waals surface area contributed by atoms with Crippen molar-refractivity contribution in [1.29, 1.82) is 0 Å². The molecule has 2 fully saturated rings. The van der Waals surface area contributed by atoms with E-state index in [1.807, 2.05) is 6.07 Å². The molecule has 0 unspecified atom stereocenters. The molecule has 11 heteroatoms. The molecular weight excluding hydrogens is 582 g/mol. The van der Waals surface area contributed by atoms with Gasteiger partial charge in [-0.3, -0.25) is 14.7 Å². The zero-order chi connectivity index (χ0) is 29.5. The van der Waals surface area contributed by atoms with Gasteiger partial charge in [-0.1, -0.05) is 41.4 Å². The van der Waals surface area contributed by atoms with E-state index in [0.717, 1.165) is 18.4 Å². The third-order valence-electron chi connectivity index (χ3n) is 9.14. The van der Waals surface area contributed by atoms with Crippen LogP contribution in [-0.4, -0.2) is 53.3 Å². The predicted molar refractivity (Wildman–Crippen MR) is 158 cm³/mol. The minimum atomic E-state index is -1.24. The van der Waals surface area contributed by atoms with Gasteiger partial charge in [0, 0.05) is 52.5 Å². The van der Waals surface area contributed by atoms with Crippen LogP contribution in [0.2, 0.25) is 10.0 Å². The van der Waals surface area contributed by atoms with Crippen molar-refractivity contribution in [2.75, 3.05) is 24.7 Å². The first-order valence-corrected chi connectivity index (χ1v) is 14.5. The molecule has 3 aromatic rings. The number of carboxylic acids is 1. The van der Waals surface area contributed by atoms with Gasteiger partial charge in [0.25, 0.3) is 0 Å². The zero-order valence-electron chi connectivity index (χ0n) is 22.5. The van der Waals surface area contributed by atoms with Gasteiger partial charge in [-0.2, -0.15) is 0 Å². The first-order chi connectivity index (χ1) is 20.2. The number of carboxylic acid groups (broad SMARTS) is 1. The molecule has 1 saturated carbocycles. The lowest BCUT2D eigenvalue weighted by Gasteiger charge is -2.40. The molecule has 1 aliphatic carbocycles. The second-order valence-electron chi connectivity index (χ2n) is 11.4. The lowest BCUT2D eigenvalue weighted by atomic mass is 9.73. The number of hydrogen-bond acceptors (Lipinski definition) is 6. The van der Waals surface area contributed by atoms with Gasteiger partial charge in [0.05, 0.1) is 23.9 Å². The van der Waals surface area contributed by atoms with E-state index in [1.165, 1.54) is 19.2 Å². The van der Waals surface area contributed by atoms with Crippen molar-refractivity contribution in [2.24, 2.45) is 10.9 Å². The number of aromatic carboxylic acids is 1. The van der Waals surface area contributed by atoms with Crippen LogP contribution < -0.4 is 15.8 Å². The maximum atomic E-state index is 16.0. The molecule has 0 aromatic heterocycles. The van der Waals surface area contributed by atoms with Crippen molar-refractivity contribution >= 4 is 52.2 Å². The number of ether oxygens (including phenoxy) is 1. The Bertz CT molecular complexity index is 1710. The minimum Gasteiger partial charge on any atom is -0.494 e. The monoisotopic (exact) mass is 608 g/mol. The van der Waals surface area contributed by atoms with Gasteiger partial charge in [-0.25, -0.2) is 9.18 Å². The maximum absolute atomic E-state index is 16.0. The van der Waals surface area contributed by atoms with Gasteiger partial charge in [0.1, 0.15) is 16.9 Å². The van der Waals surface area contributed by atoms with Crippen LogP contribution in [0.3, 0.4) is 0 Å². The summed E-state index contributed by atoms with van der Waals surface area (Å²) in [6.07, 6.45) is 2.52. The normalized spacial score (nSPS) is 26.2. The minimum absolute atomic E-state index is 0.0324. The largest absolute Gasteiger partial charge is 0.494 e. The van der Waals surface area contributed by atoms with Gasteiger partial charge < -0.3 is 20.9 Å². The molecule has 1 saturated heterocycles. The lowest BCUT2D eigenvalue weighted by Crippen LogP contribution is -2.53. The van der Waals surface area contributed by atoms with Gasteiger partial charge >= 0.3 is 5.97 Å². The number of rotatable bonds is 6. The number of hydrogen-bond donors (Lipinski definition) is 3. The highest BCUT2D eigenvalue weighted by Gasteiger charge is 2.68. The molecule has 4 aliphatic rings. The summed E-state index contributed by atoms with van der Waals surface area (Å²) in [6, 6.07) is 12.5. The lowest BCUT2D eigenvalue weighted by molar-refractivity contribution is -0.128. The summed E-state index contributed by atoms with van der Waals surface area (Å²) >= 11 is 12.6. The molecule has 8 nitrogen and oxygen atoms in total. The zero-order valence-corrected chi connectivity index (χ0v) is 24.0. The number of carbonyl (C=O) groups excluding carboxylic acids is 1. The Morgan fingerprint density at radius 3 is 2.74 bits per heavy atom. The van der Waals surface area contributed by atoms with E-state index < -0.39 is 29.3 Å². The van der Waals surface area contributed by atoms with Crippen LogP contribution in [0, 0.1) is 11.7 Å². The highest BCUT2D eigenvalue weighted by Crippen LogP contribution is 2.61. The summed E-state index contributed by atoms with van der Waals surface area (Å²) in [5, 5.41) is 13.1. The molecule has 3 aromatic carbocycles. The Morgan fingerprint density at radius 1 is 1.24 bits per heavy atom. The van der Waals surface area contributed by atoms with E-state index in [1.54, 1.807) is 30.3 Å². The van der Waals surface area contributed by atoms with E-state index >= 15 is 4.39 Å². The van der Waals surface area contributed by atoms with E-state index in [-0.39, 0.29) is 34.0 Å². The predicted octanol–water partition coefficient (Wildman–Crippen LogP) is 5.71. The average Bonchev–Trinajstić information content (AvgIpc) is 3.53.